The van der Waals surface area contributed by atoms with Crippen LogP contribution in [0, 0.1) is 18.7 Å². The number of hydrogen-bond acceptors (Lipinski definition) is 2. The van der Waals surface area contributed by atoms with E-state index in [0.29, 0.717) is 12.0 Å². The minimum Gasteiger partial charge on any atom is -0.378 e. The molecule has 0 aliphatic carbocycles. The van der Waals surface area contributed by atoms with Crippen molar-refractivity contribution in [3.05, 3.63) is 35.1 Å². The molecule has 1 aliphatic rings. The summed E-state index contributed by atoms with van der Waals surface area (Å²) in [5.74, 6) is 0.356. The molecule has 20 heavy (non-hydrogen) atoms. The molecule has 3 unspecified atom stereocenters. The first kappa shape index (κ1) is 15.5. The molecule has 0 saturated carbocycles. The molecule has 1 aromatic carbocycles. The van der Waals surface area contributed by atoms with Crippen LogP contribution in [0.15, 0.2) is 18.2 Å². The van der Waals surface area contributed by atoms with Crippen molar-refractivity contribution in [3.8, 4) is 0 Å². The third kappa shape index (κ3) is 3.39. The van der Waals surface area contributed by atoms with Crippen molar-refractivity contribution in [2.24, 2.45) is 5.92 Å². The summed E-state index contributed by atoms with van der Waals surface area (Å²) in [6, 6.07) is 5.75. The Balaban J connectivity index is 2.23. The Morgan fingerprint density at radius 3 is 2.85 bits per heavy atom. The Kier molecular flexibility index (Phi) is 5.55. The lowest BCUT2D eigenvalue weighted by Crippen LogP contribution is -2.33. The maximum Gasteiger partial charge on any atom is 0.126 e. The zero-order chi connectivity index (χ0) is 14.5. The average molecular weight is 279 g/mol. The van der Waals surface area contributed by atoms with Gasteiger partial charge in [0.15, 0.2) is 0 Å². The Morgan fingerprint density at radius 1 is 1.40 bits per heavy atom. The highest BCUT2D eigenvalue weighted by atomic mass is 19.1. The summed E-state index contributed by atoms with van der Waals surface area (Å²) >= 11 is 0. The third-order valence-corrected chi connectivity index (χ3v) is 4.25. The molecular weight excluding hydrogens is 253 g/mol. The van der Waals surface area contributed by atoms with Crippen LogP contribution >= 0.6 is 0 Å². The molecule has 3 atom stereocenters. The lowest BCUT2D eigenvalue weighted by atomic mass is 9.86. The number of ether oxygens (including phenoxy) is 1. The van der Waals surface area contributed by atoms with Gasteiger partial charge in [0.2, 0.25) is 0 Å². The summed E-state index contributed by atoms with van der Waals surface area (Å²) in [4.78, 5) is 0. The Morgan fingerprint density at radius 2 is 2.20 bits per heavy atom. The van der Waals surface area contributed by atoms with E-state index in [9.17, 15) is 4.39 Å². The molecule has 0 radical (unpaired) electrons. The van der Waals surface area contributed by atoms with Gasteiger partial charge in [-0.2, -0.15) is 0 Å². The van der Waals surface area contributed by atoms with E-state index >= 15 is 0 Å². The van der Waals surface area contributed by atoms with Gasteiger partial charge in [0.05, 0.1) is 6.10 Å². The minimum atomic E-state index is -0.127. The largest absolute Gasteiger partial charge is 0.378 e. The van der Waals surface area contributed by atoms with E-state index < -0.39 is 0 Å². The minimum absolute atomic E-state index is 0.127. The first-order valence-electron chi connectivity index (χ1n) is 7.78. The Bertz CT molecular complexity index is 435. The molecule has 0 bridgehead atoms. The van der Waals surface area contributed by atoms with Crippen LogP contribution < -0.4 is 5.32 Å². The van der Waals surface area contributed by atoms with Crippen LogP contribution in [0.1, 0.15) is 50.3 Å². The van der Waals surface area contributed by atoms with Crippen LogP contribution in [0.5, 0.6) is 0 Å². The third-order valence-electron chi connectivity index (χ3n) is 4.25. The van der Waals surface area contributed by atoms with E-state index in [2.05, 4.69) is 19.2 Å². The average Bonchev–Trinajstić information content (AvgIpc) is 2.91. The summed E-state index contributed by atoms with van der Waals surface area (Å²) in [6.07, 6.45) is 3.53. The molecular formula is C17H26FNO. The van der Waals surface area contributed by atoms with Gasteiger partial charge in [0.1, 0.15) is 5.82 Å². The monoisotopic (exact) mass is 279 g/mol. The van der Waals surface area contributed by atoms with Crippen molar-refractivity contribution in [3.63, 3.8) is 0 Å². The molecule has 2 rings (SSSR count). The number of nitrogens with one attached hydrogen (secondary N) is 1. The number of benzene rings is 1. The number of halogens is 1. The molecule has 1 N–H and O–H groups in total. The molecule has 0 spiro atoms. The van der Waals surface area contributed by atoms with Gasteiger partial charge < -0.3 is 10.1 Å². The number of aryl methyl sites for hydroxylation is 1. The first-order valence-corrected chi connectivity index (χ1v) is 7.78. The maximum absolute atomic E-state index is 13.5. The molecule has 1 saturated heterocycles. The molecule has 1 aliphatic heterocycles. The van der Waals surface area contributed by atoms with Gasteiger partial charge >= 0.3 is 0 Å². The highest BCUT2D eigenvalue weighted by molar-refractivity contribution is 5.27. The van der Waals surface area contributed by atoms with E-state index in [1.54, 1.807) is 6.07 Å². The van der Waals surface area contributed by atoms with Crippen molar-refractivity contribution in [1.29, 1.82) is 0 Å². The predicted octanol–water partition coefficient (Wildman–Crippen LogP) is 3.99. The van der Waals surface area contributed by atoms with E-state index in [1.165, 1.54) is 5.56 Å². The zero-order valence-corrected chi connectivity index (χ0v) is 12.8. The standard InChI is InChI=1S/C17H26FNO/c1-4-9-19-17(14-8-10-20-16(14)5-2)13-6-7-15(18)12(3)11-13/h6-7,11,14,16-17,19H,4-5,8-10H2,1-3H3. The summed E-state index contributed by atoms with van der Waals surface area (Å²) in [7, 11) is 0. The number of hydrogen-bond donors (Lipinski definition) is 1. The predicted molar refractivity (Wildman–Crippen MR) is 80.3 cm³/mol. The smallest absolute Gasteiger partial charge is 0.126 e. The molecule has 0 amide bonds. The molecule has 1 heterocycles. The van der Waals surface area contributed by atoms with Crippen molar-refractivity contribution in [2.75, 3.05) is 13.2 Å². The fourth-order valence-corrected chi connectivity index (χ4v) is 3.14. The molecule has 1 aromatic rings. The van der Waals surface area contributed by atoms with E-state index in [4.69, 9.17) is 4.74 Å². The fourth-order valence-electron chi connectivity index (χ4n) is 3.14. The summed E-state index contributed by atoms with van der Waals surface area (Å²) in [5, 5.41) is 3.64. The van der Waals surface area contributed by atoms with Crippen molar-refractivity contribution in [2.45, 2.75) is 52.2 Å². The topological polar surface area (TPSA) is 21.3 Å². The van der Waals surface area contributed by atoms with Gasteiger partial charge in [-0.15, -0.1) is 0 Å². The van der Waals surface area contributed by atoms with E-state index in [-0.39, 0.29) is 11.9 Å². The molecule has 2 nitrogen and oxygen atoms in total. The lowest BCUT2D eigenvalue weighted by molar-refractivity contribution is 0.0774. The zero-order valence-electron chi connectivity index (χ0n) is 12.8. The molecule has 112 valence electrons. The van der Waals surface area contributed by atoms with Crippen LogP contribution in [0.4, 0.5) is 4.39 Å². The van der Waals surface area contributed by atoms with Crippen LogP contribution in [-0.2, 0) is 4.74 Å². The molecule has 1 fully saturated rings. The van der Waals surface area contributed by atoms with E-state index in [0.717, 1.165) is 38.0 Å². The second-order valence-corrected chi connectivity index (χ2v) is 5.71. The van der Waals surface area contributed by atoms with Gasteiger partial charge in [-0.25, -0.2) is 4.39 Å². The van der Waals surface area contributed by atoms with Gasteiger partial charge in [0, 0.05) is 18.6 Å². The maximum atomic E-state index is 13.5. The fraction of sp³-hybridized carbons (Fsp3) is 0.647. The second kappa shape index (κ2) is 7.19. The highest BCUT2D eigenvalue weighted by Crippen LogP contribution is 2.35. The Labute approximate surface area is 121 Å². The summed E-state index contributed by atoms with van der Waals surface area (Å²) in [5.41, 5.74) is 1.91. The highest BCUT2D eigenvalue weighted by Gasteiger charge is 2.34. The number of rotatable bonds is 6. The molecule has 0 aromatic heterocycles. The van der Waals surface area contributed by atoms with Gasteiger partial charge in [-0.1, -0.05) is 26.0 Å². The normalized spacial score (nSPS) is 24.0. The van der Waals surface area contributed by atoms with Crippen LogP contribution in [0.2, 0.25) is 0 Å². The Hall–Kier alpha value is -0.930. The lowest BCUT2D eigenvalue weighted by Gasteiger charge is -2.29. The van der Waals surface area contributed by atoms with Crippen molar-refractivity contribution < 1.29 is 9.13 Å². The van der Waals surface area contributed by atoms with Crippen LogP contribution in [0.3, 0.4) is 0 Å². The molecule has 3 heteroatoms. The SMILES string of the molecule is CCCNC(c1ccc(F)c(C)c1)C1CCOC1CC. The van der Waals surface area contributed by atoms with Gasteiger partial charge in [-0.05, 0) is 49.9 Å². The first-order chi connectivity index (χ1) is 9.67. The van der Waals surface area contributed by atoms with Gasteiger partial charge in [-0.3, -0.25) is 0 Å². The van der Waals surface area contributed by atoms with Crippen molar-refractivity contribution in [1.82, 2.24) is 5.32 Å². The van der Waals surface area contributed by atoms with Crippen LogP contribution in [-0.4, -0.2) is 19.3 Å². The summed E-state index contributed by atoms with van der Waals surface area (Å²) in [6.45, 7) is 8.00. The van der Waals surface area contributed by atoms with E-state index in [1.807, 2.05) is 19.1 Å². The van der Waals surface area contributed by atoms with Crippen molar-refractivity contribution >= 4 is 0 Å². The van der Waals surface area contributed by atoms with Crippen LogP contribution in [0.25, 0.3) is 0 Å². The summed E-state index contributed by atoms with van der Waals surface area (Å²) < 4.78 is 19.3. The quantitative estimate of drug-likeness (QED) is 0.850. The van der Waals surface area contributed by atoms with Gasteiger partial charge in [0.25, 0.3) is 0 Å². The second-order valence-electron chi connectivity index (χ2n) is 5.71.